The van der Waals surface area contributed by atoms with Crippen molar-refractivity contribution < 1.29 is 49.2 Å². The van der Waals surface area contributed by atoms with Gasteiger partial charge >= 0.3 is 0 Å². The van der Waals surface area contributed by atoms with Crippen LogP contribution in [0.2, 0.25) is 0 Å². The largest absolute Gasteiger partial charge is 0.394 e. The molecule has 5 N–H and O–H groups in total. The molecule has 10 nitrogen and oxygen atoms in total. The third-order valence-electron chi connectivity index (χ3n) is 4.52. The van der Waals surface area contributed by atoms with E-state index in [9.17, 15) is 25.5 Å². The van der Waals surface area contributed by atoms with Crippen molar-refractivity contribution in [2.24, 2.45) is 0 Å². The Balaban J connectivity index is 1.72. The molecule has 0 aliphatic carbocycles. The van der Waals surface area contributed by atoms with E-state index < -0.39 is 65.5 Å². The summed E-state index contributed by atoms with van der Waals surface area (Å²) in [5, 5.41) is 49.9. The third kappa shape index (κ3) is 3.09. The van der Waals surface area contributed by atoms with Gasteiger partial charge in [0.05, 0.1) is 13.2 Å². The summed E-state index contributed by atoms with van der Waals surface area (Å²) in [6.07, 6.45) is -9.69. The average Bonchev–Trinajstić information content (AvgIpc) is 2.86. The lowest BCUT2D eigenvalue weighted by atomic mass is 9.98. The first-order chi connectivity index (χ1) is 11.3. The summed E-state index contributed by atoms with van der Waals surface area (Å²) in [7, 11) is 1.39. The molecule has 0 spiro atoms. The Morgan fingerprint density at radius 2 is 1.88 bits per heavy atom. The zero-order valence-corrected chi connectivity index (χ0v) is 14.9. The van der Waals surface area contributed by atoms with Crippen LogP contribution in [-0.4, -0.2) is 105 Å². The Labute approximate surface area is 151 Å². The molecule has 0 aromatic rings. The summed E-state index contributed by atoms with van der Waals surface area (Å²) >= 11 is 1.51. The van der Waals surface area contributed by atoms with Crippen molar-refractivity contribution in [3.8, 4) is 0 Å². The number of aliphatic hydroxyl groups is 5. The maximum Gasteiger partial charge on any atom is 0.187 e. The van der Waals surface area contributed by atoms with E-state index in [0.717, 1.165) is 0 Å². The number of hydrogen-bond acceptors (Lipinski definition) is 10. The third-order valence-corrected chi connectivity index (χ3v) is 5.86. The first-order valence-electron chi connectivity index (χ1n) is 7.48. The number of methoxy groups -OCH3 is 1. The topological polar surface area (TPSA) is 147 Å². The van der Waals surface area contributed by atoms with Crippen molar-refractivity contribution in [1.29, 1.82) is 0 Å². The van der Waals surface area contributed by atoms with E-state index >= 15 is 0 Å². The van der Waals surface area contributed by atoms with E-state index in [2.05, 4.69) is 0 Å². The second-order valence-corrected chi connectivity index (χ2v) is 7.73. The maximum absolute atomic E-state index is 10.2. The van der Waals surface area contributed by atoms with Gasteiger partial charge in [0.2, 0.25) is 0 Å². The van der Waals surface area contributed by atoms with Crippen molar-refractivity contribution in [1.82, 2.24) is 0 Å². The lowest BCUT2D eigenvalue weighted by Crippen LogP contribution is -2.66. The molecule has 0 amide bonds. The normalized spacial score (nSPS) is 54.9. The SMILES string of the molecule is CO[C@@H]1OC2COC([C@@H]2OC2OC(CO)[C@@](O)(I)[C@H](O)[C@@H]2O)[C@H]1O. The quantitative estimate of drug-likeness (QED) is 0.216. The molecule has 3 aliphatic heterocycles. The van der Waals surface area contributed by atoms with E-state index in [4.69, 9.17) is 23.7 Å². The van der Waals surface area contributed by atoms with Gasteiger partial charge < -0.3 is 49.2 Å². The molecule has 3 rings (SSSR count). The van der Waals surface area contributed by atoms with Crippen LogP contribution in [0.5, 0.6) is 0 Å². The summed E-state index contributed by atoms with van der Waals surface area (Å²) in [4.78, 5) is 0. The van der Waals surface area contributed by atoms with Crippen LogP contribution in [0, 0.1) is 0 Å². The highest BCUT2D eigenvalue weighted by Crippen LogP contribution is 2.38. The number of aliphatic hydroxyl groups excluding tert-OH is 4. The zero-order chi connectivity index (χ0) is 17.6. The average molecular weight is 464 g/mol. The van der Waals surface area contributed by atoms with E-state index in [1.807, 2.05) is 0 Å². The monoisotopic (exact) mass is 464 g/mol. The molecule has 0 radical (unpaired) electrons. The van der Waals surface area contributed by atoms with Gasteiger partial charge in [-0.2, -0.15) is 0 Å². The molecule has 11 heteroatoms. The first kappa shape index (κ1) is 19.1. The Hall–Kier alpha value is 0.330. The fourth-order valence-corrected chi connectivity index (χ4v) is 3.85. The molecule has 3 heterocycles. The lowest BCUT2D eigenvalue weighted by Gasteiger charge is -2.46. The molecule has 2 bridgehead atoms. The van der Waals surface area contributed by atoms with Gasteiger partial charge in [-0.3, -0.25) is 0 Å². The predicted molar refractivity (Wildman–Crippen MR) is 83.0 cm³/mol. The van der Waals surface area contributed by atoms with Crippen molar-refractivity contribution in [3.05, 3.63) is 0 Å². The highest BCUT2D eigenvalue weighted by atomic mass is 127. The van der Waals surface area contributed by atoms with E-state index in [0.29, 0.717) is 0 Å². The van der Waals surface area contributed by atoms with Gasteiger partial charge in [-0.15, -0.1) is 0 Å². The zero-order valence-electron chi connectivity index (χ0n) is 12.8. The fourth-order valence-electron chi connectivity index (χ4n) is 3.14. The summed E-state index contributed by atoms with van der Waals surface area (Å²) in [6.45, 7) is -0.417. The Morgan fingerprint density at radius 1 is 1.17 bits per heavy atom. The maximum atomic E-state index is 10.2. The van der Waals surface area contributed by atoms with Crippen LogP contribution in [-0.2, 0) is 23.7 Å². The van der Waals surface area contributed by atoms with Crippen molar-refractivity contribution in [3.63, 3.8) is 0 Å². The van der Waals surface area contributed by atoms with Crippen LogP contribution < -0.4 is 0 Å². The number of alkyl halides is 1. The van der Waals surface area contributed by atoms with Gasteiger partial charge in [0.1, 0.15) is 42.7 Å². The summed E-state index contributed by atoms with van der Waals surface area (Å²) in [5.41, 5.74) is 0. The minimum atomic E-state index is -1.87. The molecule has 3 aliphatic rings. The predicted octanol–water partition coefficient (Wildman–Crippen LogP) is -2.93. The van der Waals surface area contributed by atoms with Gasteiger partial charge in [-0.05, 0) is 22.6 Å². The Morgan fingerprint density at radius 3 is 2.50 bits per heavy atom. The van der Waals surface area contributed by atoms with E-state index in [1.165, 1.54) is 29.7 Å². The van der Waals surface area contributed by atoms with Crippen molar-refractivity contribution in [2.75, 3.05) is 20.3 Å². The van der Waals surface area contributed by atoms with Crippen LogP contribution >= 0.6 is 22.6 Å². The van der Waals surface area contributed by atoms with Crippen LogP contribution in [0.15, 0.2) is 0 Å². The number of rotatable bonds is 4. The molecule has 0 saturated carbocycles. The smallest absolute Gasteiger partial charge is 0.187 e. The highest BCUT2D eigenvalue weighted by molar-refractivity contribution is 14.1. The van der Waals surface area contributed by atoms with Gasteiger partial charge in [0, 0.05) is 7.11 Å². The van der Waals surface area contributed by atoms with Crippen LogP contribution in [0.3, 0.4) is 0 Å². The molecule has 10 atom stereocenters. The second kappa shape index (κ2) is 7.15. The van der Waals surface area contributed by atoms with Gasteiger partial charge in [-0.1, -0.05) is 0 Å². The molecular formula is C13H21IO10. The molecular weight excluding hydrogens is 443 g/mol. The van der Waals surface area contributed by atoms with Gasteiger partial charge in [0.25, 0.3) is 0 Å². The van der Waals surface area contributed by atoms with Crippen LogP contribution in [0.25, 0.3) is 0 Å². The Kier molecular flexibility index (Phi) is 5.69. The van der Waals surface area contributed by atoms with Crippen LogP contribution in [0.1, 0.15) is 0 Å². The van der Waals surface area contributed by atoms with Crippen molar-refractivity contribution in [2.45, 2.75) is 58.9 Å². The Bertz CT molecular complexity index is 446. The molecule has 0 aromatic carbocycles. The van der Waals surface area contributed by atoms with Crippen LogP contribution in [0.4, 0.5) is 0 Å². The molecule has 3 saturated heterocycles. The summed E-state index contributed by atoms with van der Waals surface area (Å²) < 4.78 is 25.2. The standard InChI is InChI=1S/C13H21IO10/c1-20-11-6(16)9-8(4(22-11)3-21-9)24-12-7(17)10(18)13(14,19)5(2-15)23-12/h4-12,15-19H,2-3H2,1H3/t4?,5?,6-,7+,8-,9?,10-,11-,12?,13+/m1/s1. The number of hydrogen-bond donors (Lipinski definition) is 5. The summed E-state index contributed by atoms with van der Waals surface area (Å²) in [6, 6.07) is 0. The van der Waals surface area contributed by atoms with E-state index in [1.54, 1.807) is 0 Å². The first-order valence-corrected chi connectivity index (χ1v) is 8.56. The van der Waals surface area contributed by atoms with Gasteiger partial charge in [-0.25, -0.2) is 0 Å². The number of halogens is 1. The minimum Gasteiger partial charge on any atom is -0.394 e. The molecule has 4 unspecified atom stereocenters. The second-order valence-electron chi connectivity index (χ2n) is 6.01. The molecule has 0 aromatic heterocycles. The summed E-state index contributed by atoms with van der Waals surface area (Å²) in [5.74, 6) is 0. The van der Waals surface area contributed by atoms with Gasteiger partial charge in [0.15, 0.2) is 16.2 Å². The molecule has 140 valence electrons. The minimum absolute atomic E-state index is 0.164. The molecule has 3 fully saturated rings. The van der Waals surface area contributed by atoms with Crippen molar-refractivity contribution >= 4 is 22.6 Å². The number of ether oxygens (including phenoxy) is 5. The lowest BCUT2D eigenvalue weighted by molar-refractivity contribution is -0.341. The fraction of sp³-hybridized carbons (Fsp3) is 1.00. The highest BCUT2D eigenvalue weighted by Gasteiger charge is 2.57. The molecule has 24 heavy (non-hydrogen) atoms. The van der Waals surface area contributed by atoms with E-state index in [-0.39, 0.29) is 6.61 Å². The number of fused-ring (bicyclic) bond motifs is 2.